The van der Waals surface area contributed by atoms with Crippen molar-refractivity contribution in [3.8, 4) is 22.3 Å². The van der Waals surface area contributed by atoms with Gasteiger partial charge in [-0.3, -0.25) is 0 Å². The Hall–Kier alpha value is -5.84. The summed E-state index contributed by atoms with van der Waals surface area (Å²) >= 11 is 1.92. The van der Waals surface area contributed by atoms with E-state index in [1.165, 1.54) is 97.2 Å². The van der Waals surface area contributed by atoms with Crippen molar-refractivity contribution in [2.75, 3.05) is 9.80 Å². The number of hydrogen-bond acceptors (Lipinski definition) is 3. The molecule has 350 valence electrons. The number of fused-ring (bicyclic) bond motifs is 11. The molecule has 0 unspecified atom stereocenters. The van der Waals surface area contributed by atoms with Crippen LogP contribution in [0.25, 0.3) is 32.3 Å². The second-order valence-corrected chi connectivity index (χ2v) is 24.8. The fourth-order valence-corrected chi connectivity index (χ4v) is 14.7. The summed E-state index contributed by atoms with van der Waals surface area (Å²) in [5.74, 6) is 0.697. The van der Waals surface area contributed by atoms with Crippen molar-refractivity contribution in [1.82, 2.24) is 0 Å². The quantitative estimate of drug-likeness (QED) is 0.159. The van der Waals surface area contributed by atoms with E-state index < -0.39 is 0 Å². The number of nitrogens with zero attached hydrogens (tertiary/aromatic N) is 2. The molecule has 1 aromatic heterocycles. The molecular weight excluding hydrogens is 864 g/mol. The largest absolute Gasteiger partial charge is 0.311 e. The lowest BCUT2D eigenvalue weighted by Gasteiger charge is -2.44. The fraction of sp³-hybridized carbons (Fsp3) is 0.333. The fourth-order valence-electron chi connectivity index (χ4n) is 13.4. The Kier molecular flexibility index (Phi) is 9.16. The van der Waals surface area contributed by atoms with Crippen molar-refractivity contribution in [1.29, 1.82) is 0 Å². The molecule has 1 spiro atoms. The first kappa shape index (κ1) is 39.8. The first-order chi connectivity index (χ1) is 35.5. The smallest absolute Gasteiger partial charge is 0.264 e. The Labute approximate surface area is 427 Å². The van der Waals surface area contributed by atoms with Gasteiger partial charge >= 0.3 is 0 Å². The third-order valence-corrected chi connectivity index (χ3v) is 18.4. The predicted octanol–water partition coefficient (Wildman–Crippen LogP) is 17.3. The molecule has 3 heterocycles. The van der Waals surface area contributed by atoms with E-state index in [-0.39, 0.29) is 47.1 Å². The van der Waals surface area contributed by atoms with E-state index >= 15 is 0 Å². The minimum atomic E-state index is -0.202. The van der Waals surface area contributed by atoms with Gasteiger partial charge in [0.15, 0.2) is 0 Å². The van der Waals surface area contributed by atoms with Crippen molar-refractivity contribution in [2.45, 2.75) is 141 Å². The van der Waals surface area contributed by atoms with E-state index in [0.29, 0.717) is 28.7 Å². The third-order valence-electron chi connectivity index (χ3n) is 17.1. The summed E-state index contributed by atoms with van der Waals surface area (Å²) in [5.41, 5.74) is 19.3. The molecule has 2 nitrogen and oxygen atoms in total. The molecule has 0 bridgehead atoms. The maximum Gasteiger partial charge on any atom is 0.264 e. The Morgan fingerprint density at radius 3 is 2.07 bits per heavy atom. The highest BCUT2D eigenvalue weighted by atomic mass is 32.1. The number of rotatable bonds is 5. The summed E-state index contributed by atoms with van der Waals surface area (Å²) < 4.78 is 42.9. The zero-order chi connectivity index (χ0) is 51.3. The lowest BCUT2D eigenvalue weighted by Crippen LogP contribution is -2.60. The van der Waals surface area contributed by atoms with E-state index in [1.807, 2.05) is 23.5 Å². The highest BCUT2D eigenvalue weighted by Gasteiger charge is 2.50. The van der Waals surface area contributed by atoms with E-state index in [1.54, 1.807) is 0 Å². The minimum Gasteiger partial charge on any atom is -0.311 e. The summed E-state index contributed by atoms with van der Waals surface area (Å²) in [6.07, 6.45) is 10.6. The molecule has 7 aromatic carbocycles. The maximum atomic E-state index is 10.2. The van der Waals surface area contributed by atoms with Crippen LogP contribution in [0, 0.1) is 0 Å². The van der Waals surface area contributed by atoms with E-state index in [9.17, 15) is 5.48 Å². The van der Waals surface area contributed by atoms with Crippen LogP contribution in [0.1, 0.15) is 164 Å². The van der Waals surface area contributed by atoms with Crippen LogP contribution < -0.4 is 25.5 Å². The molecular formula is C66H67BN2S. The van der Waals surface area contributed by atoms with Gasteiger partial charge in [-0.25, -0.2) is 0 Å². The zero-order valence-corrected chi connectivity index (χ0v) is 43.2. The van der Waals surface area contributed by atoms with E-state index in [2.05, 4.69) is 168 Å². The summed E-state index contributed by atoms with van der Waals surface area (Å²) in [5, 5.41) is 1.28. The molecule has 5 aliphatic rings. The number of benzene rings is 7. The standard InChI is InChI=1S/C66H67BN2S/c1-41(2)44-28-33-59-51(37-44)62-63(70-59)67-54-32-29-48(65(6,7)8)40-56(54)68(49-30-26-43(27-31-49)45-20-16-21-47(36-45)64(3,4)5)57-38-46(42-18-10-9-11-19-42)39-58(61(57)67)69(62)55-25-17-24-53-60(55)50-22-12-13-23-52(50)66(53)34-14-15-35-66/h12-13,16-17,20-33,36-42H,9-11,14-15,18-19,34-35H2,1-8H3/i26D,27D,30D,31D. The highest BCUT2D eigenvalue weighted by molar-refractivity contribution is 7.33. The molecule has 0 saturated heterocycles. The predicted molar refractivity (Wildman–Crippen MR) is 303 cm³/mol. The summed E-state index contributed by atoms with van der Waals surface area (Å²) in [4.78, 5) is 4.87. The van der Waals surface area contributed by atoms with Gasteiger partial charge in [-0.1, -0.05) is 178 Å². The SMILES string of the molecule is [2H]c1c([2H])c(N2c3cc(C(C)(C)C)ccc3B3c4sc5ccc(C(C)C)cc5c4N(c4cccc5c4-c4ccccc4C54CCCC4)c4cc(C5CCCCC5)cc2c43)c([2H])c([2H])c1-c1cccc(C(C)(C)C)c1. The van der Waals surface area contributed by atoms with Gasteiger partial charge in [0.2, 0.25) is 0 Å². The monoisotopic (exact) mass is 935 g/mol. The number of thiophene rings is 1. The average Bonchev–Trinajstić information content (AvgIpc) is 4.21. The molecule has 70 heavy (non-hydrogen) atoms. The van der Waals surface area contributed by atoms with Gasteiger partial charge in [-0.15, -0.1) is 11.3 Å². The molecule has 2 aliphatic heterocycles. The van der Waals surface area contributed by atoms with E-state index in [0.717, 1.165) is 59.3 Å². The summed E-state index contributed by atoms with van der Waals surface area (Å²) in [6, 6.07) is 43.5. The van der Waals surface area contributed by atoms with Gasteiger partial charge in [0, 0.05) is 48.6 Å². The van der Waals surface area contributed by atoms with Crippen LogP contribution in [0.2, 0.25) is 0 Å². The van der Waals surface area contributed by atoms with Crippen LogP contribution in [0.4, 0.5) is 34.1 Å². The van der Waals surface area contributed by atoms with Crippen LogP contribution in [-0.4, -0.2) is 6.71 Å². The van der Waals surface area contributed by atoms with E-state index in [4.69, 9.17) is 0 Å². The van der Waals surface area contributed by atoms with Gasteiger partial charge in [0.25, 0.3) is 6.71 Å². The van der Waals surface area contributed by atoms with Crippen LogP contribution in [0.15, 0.2) is 139 Å². The molecule has 0 radical (unpaired) electrons. The summed E-state index contributed by atoms with van der Waals surface area (Å²) in [6.45, 7) is 17.7. The average molecular weight is 935 g/mol. The maximum absolute atomic E-state index is 10.2. The minimum absolute atomic E-state index is 0.00823. The van der Waals surface area contributed by atoms with Crippen molar-refractivity contribution >= 4 is 78.0 Å². The highest BCUT2D eigenvalue weighted by Crippen LogP contribution is 2.61. The lowest BCUT2D eigenvalue weighted by atomic mass is 9.36. The molecule has 13 rings (SSSR count). The second kappa shape index (κ2) is 16.1. The second-order valence-electron chi connectivity index (χ2n) is 23.7. The van der Waals surface area contributed by atoms with Crippen LogP contribution in [0.5, 0.6) is 0 Å². The van der Waals surface area contributed by atoms with Crippen LogP contribution >= 0.6 is 11.3 Å². The van der Waals surface area contributed by atoms with Crippen LogP contribution in [0.3, 0.4) is 0 Å². The molecule has 0 amide bonds. The van der Waals surface area contributed by atoms with Gasteiger partial charge in [-0.05, 0) is 158 Å². The Morgan fingerprint density at radius 1 is 0.629 bits per heavy atom. The summed E-state index contributed by atoms with van der Waals surface area (Å²) in [7, 11) is 0. The van der Waals surface area contributed by atoms with Gasteiger partial charge in [-0.2, -0.15) is 0 Å². The van der Waals surface area contributed by atoms with Gasteiger partial charge in [0.1, 0.15) is 0 Å². The third kappa shape index (κ3) is 6.71. The first-order valence-electron chi connectivity index (χ1n) is 28.4. The van der Waals surface area contributed by atoms with Crippen molar-refractivity contribution in [3.05, 3.63) is 173 Å². The first-order valence-corrected chi connectivity index (χ1v) is 27.2. The van der Waals surface area contributed by atoms with Crippen LogP contribution in [-0.2, 0) is 16.2 Å². The number of hydrogen-bond donors (Lipinski definition) is 0. The molecule has 2 saturated carbocycles. The Bertz CT molecular complexity index is 3610. The molecule has 0 N–H and O–H groups in total. The van der Waals surface area contributed by atoms with Crippen molar-refractivity contribution < 1.29 is 5.48 Å². The van der Waals surface area contributed by atoms with Gasteiger partial charge < -0.3 is 9.80 Å². The van der Waals surface area contributed by atoms with Crippen molar-refractivity contribution in [3.63, 3.8) is 0 Å². The topological polar surface area (TPSA) is 6.48 Å². The normalized spacial score (nSPS) is 17.8. The molecule has 2 fully saturated rings. The molecule has 0 atom stereocenters. The molecule has 4 heteroatoms. The molecule has 8 aromatic rings. The zero-order valence-electron chi connectivity index (χ0n) is 46.4. The lowest BCUT2D eigenvalue weighted by molar-refractivity contribution is 0.444. The Morgan fingerprint density at radius 2 is 1.33 bits per heavy atom. The molecule has 3 aliphatic carbocycles. The van der Waals surface area contributed by atoms with Gasteiger partial charge in [0.05, 0.1) is 16.9 Å². The Balaban J connectivity index is 1.16. The van der Waals surface area contributed by atoms with Crippen molar-refractivity contribution in [2.24, 2.45) is 0 Å². The number of anilines is 6.